The second-order valence-corrected chi connectivity index (χ2v) is 4.50. The number of carbonyl (C=O) groups excluding carboxylic acids is 1. The quantitative estimate of drug-likeness (QED) is 0.836. The van der Waals surface area contributed by atoms with Crippen molar-refractivity contribution in [1.29, 1.82) is 0 Å². The molecule has 3 nitrogen and oxygen atoms in total. The first-order chi connectivity index (χ1) is 8.78. The Morgan fingerprint density at radius 2 is 2.11 bits per heavy atom. The number of alkyl halides is 3. The average molecular weight is 274 g/mol. The molecule has 0 aliphatic heterocycles. The van der Waals surface area contributed by atoms with Crippen LogP contribution in [-0.4, -0.2) is 18.1 Å². The Kier molecular flexibility index (Phi) is 5.20. The van der Waals surface area contributed by atoms with Gasteiger partial charge in [0.15, 0.2) is 0 Å². The molecule has 0 bridgehead atoms. The van der Waals surface area contributed by atoms with Crippen molar-refractivity contribution < 1.29 is 18.0 Å². The summed E-state index contributed by atoms with van der Waals surface area (Å²) < 4.78 is 36.0. The van der Waals surface area contributed by atoms with Gasteiger partial charge in [0, 0.05) is 23.7 Å². The number of carbonyl (C=O) groups is 1. The van der Waals surface area contributed by atoms with Crippen LogP contribution in [0.25, 0.3) is 0 Å². The van der Waals surface area contributed by atoms with Gasteiger partial charge < -0.3 is 11.1 Å². The lowest BCUT2D eigenvalue weighted by atomic mass is 10.1. The number of amides is 1. The Labute approximate surface area is 110 Å². The van der Waals surface area contributed by atoms with Crippen LogP contribution in [0.2, 0.25) is 0 Å². The fourth-order valence-electron chi connectivity index (χ4n) is 1.73. The van der Waals surface area contributed by atoms with Crippen LogP contribution >= 0.6 is 0 Å². The maximum absolute atomic E-state index is 12.0. The van der Waals surface area contributed by atoms with Crippen molar-refractivity contribution in [2.75, 3.05) is 5.32 Å². The van der Waals surface area contributed by atoms with E-state index in [1.165, 1.54) is 0 Å². The SMILES string of the molecule is CC(CCCC(F)(F)F)Nc1cccc(C(N)=O)c1. The predicted molar refractivity (Wildman–Crippen MR) is 68.0 cm³/mol. The molecule has 0 saturated heterocycles. The number of primary amides is 1. The van der Waals surface area contributed by atoms with E-state index in [1.54, 1.807) is 31.2 Å². The lowest BCUT2D eigenvalue weighted by Crippen LogP contribution is -2.17. The molecule has 0 aromatic heterocycles. The Hall–Kier alpha value is -1.72. The first-order valence-electron chi connectivity index (χ1n) is 6.01. The molecule has 0 aliphatic carbocycles. The molecule has 1 aromatic rings. The largest absolute Gasteiger partial charge is 0.389 e. The van der Waals surface area contributed by atoms with E-state index >= 15 is 0 Å². The monoisotopic (exact) mass is 274 g/mol. The molecule has 0 fully saturated rings. The van der Waals surface area contributed by atoms with Crippen LogP contribution in [0.5, 0.6) is 0 Å². The zero-order valence-corrected chi connectivity index (χ0v) is 10.6. The van der Waals surface area contributed by atoms with Gasteiger partial charge in [-0.15, -0.1) is 0 Å². The predicted octanol–water partition coefficient (Wildman–Crippen LogP) is 3.32. The molecule has 19 heavy (non-hydrogen) atoms. The molecule has 0 heterocycles. The lowest BCUT2D eigenvalue weighted by Gasteiger charge is -2.16. The number of halogens is 3. The summed E-state index contributed by atoms with van der Waals surface area (Å²) in [5.41, 5.74) is 6.19. The van der Waals surface area contributed by atoms with E-state index in [0.717, 1.165) is 0 Å². The molecule has 3 N–H and O–H groups in total. The summed E-state index contributed by atoms with van der Waals surface area (Å²) in [4.78, 5) is 11.0. The summed E-state index contributed by atoms with van der Waals surface area (Å²) in [6.45, 7) is 1.80. The third-order valence-electron chi connectivity index (χ3n) is 2.66. The van der Waals surface area contributed by atoms with Crippen LogP contribution < -0.4 is 11.1 Å². The van der Waals surface area contributed by atoms with Crippen molar-refractivity contribution in [2.24, 2.45) is 5.73 Å². The van der Waals surface area contributed by atoms with E-state index in [2.05, 4.69) is 5.32 Å². The zero-order valence-electron chi connectivity index (χ0n) is 10.6. The van der Waals surface area contributed by atoms with Gasteiger partial charge in [-0.25, -0.2) is 0 Å². The van der Waals surface area contributed by atoms with Crippen LogP contribution in [0, 0.1) is 0 Å². The van der Waals surface area contributed by atoms with Crippen LogP contribution in [0.4, 0.5) is 18.9 Å². The van der Waals surface area contributed by atoms with E-state index in [9.17, 15) is 18.0 Å². The highest BCUT2D eigenvalue weighted by molar-refractivity contribution is 5.93. The number of anilines is 1. The van der Waals surface area contributed by atoms with E-state index in [0.29, 0.717) is 17.7 Å². The highest BCUT2D eigenvalue weighted by atomic mass is 19.4. The average Bonchev–Trinajstić information content (AvgIpc) is 2.27. The van der Waals surface area contributed by atoms with Gasteiger partial charge in [-0.2, -0.15) is 13.2 Å². The summed E-state index contributed by atoms with van der Waals surface area (Å²) in [6.07, 6.45) is -4.40. The van der Waals surface area contributed by atoms with E-state index in [4.69, 9.17) is 5.73 Å². The second kappa shape index (κ2) is 6.45. The van der Waals surface area contributed by atoms with Gasteiger partial charge in [-0.3, -0.25) is 4.79 Å². The first kappa shape index (κ1) is 15.3. The van der Waals surface area contributed by atoms with Gasteiger partial charge in [-0.05, 0) is 38.0 Å². The Morgan fingerprint density at radius 3 is 2.68 bits per heavy atom. The fourth-order valence-corrected chi connectivity index (χ4v) is 1.73. The molecule has 106 valence electrons. The highest BCUT2D eigenvalue weighted by Gasteiger charge is 2.26. The van der Waals surface area contributed by atoms with Crippen LogP contribution in [0.15, 0.2) is 24.3 Å². The number of hydrogen-bond acceptors (Lipinski definition) is 2. The summed E-state index contributed by atoms with van der Waals surface area (Å²) >= 11 is 0. The van der Waals surface area contributed by atoms with E-state index in [1.807, 2.05) is 0 Å². The zero-order chi connectivity index (χ0) is 14.5. The minimum Gasteiger partial charge on any atom is -0.383 e. The maximum atomic E-state index is 12.0. The summed E-state index contributed by atoms with van der Waals surface area (Å²) in [7, 11) is 0. The van der Waals surface area contributed by atoms with Crippen LogP contribution in [-0.2, 0) is 0 Å². The topological polar surface area (TPSA) is 55.1 Å². The third kappa shape index (κ3) is 6.13. The maximum Gasteiger partial charge on any atom is 0.389 e. The Bertz CT molecular complexity index is 432. The molecule has 1 atom stereocenters. The van der Waals surface area contributed by atoms with Crippen molar-refractivity contribution in [3.05, 3.63) is 29.8 Å². The fraction of sp³-hybridized carbons (Fsp3) is 0.462. The first-order valence-corrected chi connectivity index (χ1v) is 6.01. The number of benzene rings is 1. The van der Waals surface area contributed by atoms with Crippen molar-refractivity contribution in [2.45, 2.75) is 38.4 Å². The van der Waals surface area contributed by atoms with E-state index in [-0.39, 0.29) is 12.5 Å². The number of nitrogens with two attached hydrogens (primary N) is 1. The van der Waals surface area contributed by atoms with Crippen LogP contribution in [0.3, 0.4) is 0 Å². The van der Waals surface area contributed by atoms with Gasteiger partial charge in [0.05, 0.1) is 0 Å². The molecule has 0 saturated carbocycles. The number of rotatable bonds is 6. The Morgan fingerprint density at radius 1 is 1.42 bits per heavy atom. The van der Waals surface area contributed by atoms with Gasteiger partial charge in [0.1, 0.15) is 0 Å². The molecule has 1 rings (SSSR count). The number of nitrogens with one attached hydrogen (secondary N) is 1. The normalized spacial score (nSPS) is 13.1. The Balaban J connectivity index is 2.46. The van der Waals surface area contributed by atoms with Crippen molar-refractivity contribution in [3.63, 3.8) is 0 Å². The smallest absolute Gasteiger partial charge is 0.383 e. The minimum atomic E-state index is -4.11. The second-order valence-electron chi connectivity index (χ2n) is 4.50. The minimum absolute atomic E-state index is 0.0766. The molecule has 1 unspecified atom stereocenters. The molecule has 0 aliphatic rings. The van der Waals surface area contributed by atoms with Crippen LogP contribution in [0.1, 0.15) is 36.5 Å². The van der Waals surface area contributed by atoms with Crippen molar-refractivity contribution >= 4 is 11.6 Å². The molecule has 1 amide bonds. The van der Waals surface area contributed by atoms with Gasteiger partial charge in [0.2, 0.25) is 5.91 Å². The highest BCUT2D eigenvalue weighted by Crippen LogP contribution is 2.23. The van der Waals surface area contributed by atoms with Crippen molar-refractivity contribution in [3.8, 4) is 0 Å². The molecular formula is C13H17F3N2O. The standard InChI is InChI=1S/C13H17F3N2O/c1-9(4-3-7-13(14,15)16)18-11-6-2-5-10(8-11)12(17)19/h2,5-6,8-9,18H,3-4,7H2,1H3,(H2,17,19). The number of hydrogen-bond donors (Lipinski definition) is 2. The lowest BCUT2D eigenvalue weighted by molar-refractivity contribution is -0.135. The summed E-state index contributed by atoms with van der Waals surface area (Å²) in [6, 6.07) is 6.48. The molecule has 6 heteroatoms. The summed E-state index contributed by atoms with van der Waals surface area (Å²) in [5.74, 6) is -0.534. The molecule has 0 spiro atoms. The summed E-state index contributed by atoms with van der Waals surface area (Å²) in [5, 5.41) is 3.05. The van der Waals surface area contributed by atoms with E-state index < -0.39 is 18.5 Å². The van der Waals surface area contributed by atoms with Gasteiger partial charge in [-0.1, -0.05) is 6.07 Å². The molecule has 1 aromatic carbocycles. The molecule has 0 radical (unpaired) electrons. The van der Waals surface area contributed by atoms with Gasteiger partial charge in [0.25, 0.3) is 0 Å². The van der Waals surface area contributed by atoms with Gasteiger partial charge >= 0.3 is 6.18 Å². The third-order valence-corrected chi connectivity index (χ3v) is 2.66. The molecular weight excluding hydrogens is 257 g/mol. The van der Waals surface area contributed by atoms with Crippen molar-refractivity contribution in [1.82, 2.24) is 0 Å².